The predicted octanol–water partition coefficient (Wildman–Crippen LogP) is 5.40. The van der Waals surface area contributed by atoms with Crippen molar-refractivity contribution in [2.45, 2.75) is 16.5 Å². The summed E-state index contributed by atoms with van der Waals surface area (Å²) in [6, 6.07) is 16.3. The fraction of sp³-hybridized carbons (Fsp3) is 0.261. The van der Waals surface area contributed by atoms with Gasteiger partial charge in [0.15, 0.2) is 9.47 Å². The van der Waals surface area contributed by atoms with Gasteiger partial charge < -0.3 is 9.80 Å². The van der Waals surface area contributed by atoms with Crippen LogP contribution in [0.4, 0.5) is 5.13 Å². The Hall–Kier alpha value is -2.42. The topological polar surface area (TPSA) is 49.3 Å². The Bertz CT molecular complexity index is 1120. The lowest BCUT2D eigenvalue weighted by atomic mass is 10.1. The molecular formula is C23H22N4OS3. The fourth-order valence-electron chi connectivity index (χ4n) is 3.67. The first-order valence-corrected chi connectivity index (χ1v) is 13.0. The van der Waals surface area contributed by atoms with Crippen molar-refractivity contribution >= 4 is 55.7 Å². The van der Waals surface area contributed by atoms with Gasteiger partial charge in [0.1, 0.15) is 0 Å². The Morgan fingerprint density at radius 3 is 2.71 bits per heavy atom. The molecule has 0 atom stereocenters. The molecule has 0 aliphatic carbocycles. The first-order chi connectivity index (χ1) is 15.3. The van der Waals surface area contributed by atoms with Crippen LogP contribution in [0.3, 0.4) is 0 Å². The highest BCUT2D eigenvalue weighted by molar-refractivity contribution is 8.00. The molecule has 158 valence electrons. The number of carbonyl (C=O) groups is 1. The van der Waals surface area contributed by atoms with Crippen LogP contribution in [0.25, 0.3) is 10.2 Å². The highest BCUT2D eigenvalue weighted by Gasteiger charge is 2.21. The zero-order valence-electron chi connectivity index (χ0n) is 16.9. The van der Waals surface area contributed by atoms with Crippen molar-refractivity contribution in [1.82, 2.24) is 14.9 Å². The molecule has 0 N–H and O–H groups in total. The van der Waals surface area contributed by atoms with Crippen molar-refractivity contribution in [3.63, 3.8) is 0 Å². The molecule has 5 rings (SSSR count). The van der Waals surface area contributed by atoms with E-state index in [-0.39, 0.29) is 5.91 Å². The van der Waals surface area contributed by atoms with Crippen LogP contribution < -0.4 is 4.90 Å². The lowest BCUT2D eigenvalue weighted by Gasteiger charge is -2.21. The van der Waals surface area contributed by atoms with Crippen molar-refractivity contribution in [1.29, 1.82) is 0 Å². The third kappa shape index (κ3) is 4.76. The summed E-state index contributed by atoms with van der Waals surface area (Å²) in [5.41, 5.74) is 3.02. The maximum Gasteiger partial charge on any atom is 0.253 e. The molecule has 5 nitrogen and oxygen atoms in total. The van der Waals surface area contributed by atoms with E-state index in [0.29, 0.717) is 0 Å². The third-order valence-electron chi connectivity index (χ3n) is 5.31. The predicted molar refractivity (Wildman–Crippen MR) is 130 cm³/mol. The van der Waals surface area contributed by atoms with E-state index in [1.165, 1.54) is 10.3 Å². The van der Waals surface area contributed by atoms with Crippen LogP contribution in [0.1, 0.15) is 22.3 Å². The van der Waals surface area contributed by atoms with Gasteiger partial charge in [-0.3, -0.25) is 4.79 Å². The Morgan fingerprint density at radius 2 is 1.90 bits per heavy atom. The van der Waals surface area contributed by atoms with Crippen molar-refractivity contribution in [2.75, 3.05) is 31.1 Å². The fourth-order valence-corrected chi connectivity index (χ4v) is 6.39. The standard InChI is InChI=1S/C23H22N4OS3/c28-21(26-11-3-12-27(14-13-26)22-24-10-15-29-22)18-8-6-17(7-9-18)16-30-23-25-19-4-1-2-5-20(19)31-23/h1-2,4-10,15H,3,11-14,16H2. The molecule has 2 aromatic carbocycles. The summed E-state index contributed by atoms with van der Waals surface area (Å²) < 4.78 is 2.30. The number of thiazole rings is 2. The number of hydrogen-bond donors (Lipinski definition) is 0. The Morgan fingerprint density at radius 1 is 1.03 bits per heavy atom. The number of para-hydroxylation sites is 1. The van der Waals surface area contributed by atoms with Crippen LogP contribution in [-0.4, -0.2) is 47.0 Å². The molecule has 0 spiro atoms. The van der Waals surface area contributed by atoms with Gasteiger partial charge in [0.2, 0.25) is 0 Å². The average Bonchev–Trinajstić information content (AvgIpc) is 3.42. The lowest BCUT2D eigenvalue weighted by Crippen LogP contribution is -2.35. The van der Waals surface area contributed by atoms with Crippen LogP contribution in [0.5, 0.6) is 0 Å². The Kier molecular flexibility index (Phi) is 6.20. The number of hydrogen-bond acceptors (Lipinski definition) is 7. The molecule has 1 fully saturated rings. The van der Waals surface area contributed by atoms with E-state index in [1.54, 1.807) is 34.4 Å². The highest BCUT2D eigenvalue weighted by atomic mass is 32.2. The number of carbonyl (C=O) groups excluding carboxylic acids is 1. The maximum atomic E-state index is 13.0. The van der Waals surface area contributed by atoms with Crippen molar-refractivity contribution in [3.8, 4) is 0 Å². The van der Waals surface area contributed by atoms with E-state index >= 15 is 0 Å². The number of nitrogens with zero attached hydrogens (tertiary/aromatic N) is 4. The second-order valence-electron chi connectivity index (χ2n) is 7.38. The molecule has 0 unspecified atom stereocenters. The molecule has 1 aliphatic heterocycles. The van der Waals surface area contributed by atoms with Gasteiger partial charge in [-0.25, -0.2) is 9.97 Å². The van der Waals surface area contributed by atoms with Crippen LogP contribution in [0, 0.1) is 0 Å². The van der Waals surface area contributed by atoms with E-state index < -0.39 is 0 Å². The SMILES string of the molecule is O=C(c1ccc(CSc2nc3ccccc3s2)cc1)N1CCCN(c2nccs2)CC1. The summed E-state index contributed by atoms with van der Waals surface area (Å²) in [4.78, 5) is 26.4. The average molecular weight is 467 g/mol. The molecule has 3 heterocycles. The number of anilines is 1. The zero-order chi connectivity index (χ0) is 21.0. The normalized spacial score (nSPS) is 14.7. The Labute approximate surface area is 193 Å². The largest absolute Gasteiger partial charge is 0.346 e. The van der Waals surface area contributed by atoms with E-state index in [4.69, 9.17) is 0 Å². The van der Waals surface area contributed by atoms with Crippen LogP contribution in [-0.2, 0) is 5.75 Å². The quantitative estimate of drug-likeness (QED) is 0.369. The van der Waals surface area contributed by atoms with Crippen molar-refractivity contribution in [3.05, 3.63) is 71.2 Å². The van der Waals surface area contributed by atoms with Gasteiger partial charge in [-0.2, -0.15) is 0 Å². The van der Waals surface area contributed by atoms with Gasteiger partial charge in [-0.15, -0.1) is 22.7 Å². The first kappa shape index (κ1) is 20.5. The van der Waals surface area contributed by atoms with Crippen LogP contribution in [0.15, 0.2) is 64.4 Å². The first-order valence-electron chi connectivity index (χ1n) is 10.3. The van der Waals surface area contributed by atoms with Crippen molar-refractivity contribution < 1.29 is 4.79 Å². The van der Waals surface area contributed by atoms with Gasteiger partial charge in [0, 0.05) is 49.1 Å². The van der Waals surface area contributed by atoms with E-state index in [0.717, 1.165) is 58.9 Å². The monoisotopic (exact) mass is 466 g/mol. The van der Waals surface area contributed by atoms with Crippen LogP contribution in [0.2, 0.25) is 0 Å². The molecule has 8 heteroatoms. The van der Waals surface area contributed by atoms with Gasteiger partial charge in [0.25, 0.3) is 5.91 Å². The summed E-state index contributed by atoms with van der Waals surface area (Å²) >= 11 is 5.13. The van der Waals surface area contributed by atoms with Crippen molar-refractivity contribution in [2.24, 2.45) is 0 Å². The molecule has 0 radical (unpaired) electrons. The maximum absolute atomic E-state index is 13.0. The third-order valence-corrected chi connectivity index (χ3v) is 8.39. The highest BCUT2D eigenvalue weighted by Crippen LogP contribution is 2.31. The number of amides is 1. The van der Waals surface area contributed by atoms with Gasteiger partial charge in [0.05, 0.1) is 10.2 Å². The number of aromatic nitrogens is 2. The molecular weight excluding hydrogens is 444 g/mol. The minimum atomic E-state index is 0.117. The number of fused-ring (bicyclic) bond motifs is 1. The number of rotatable bonds is 5. The number of benzene rings is 2. The zero-order valence-corrected chi connectivity index (χ0v) is 19.4. The molecule has 1 saturated heterocycles. The van der Waals surface area contributed by atoms with E-state index in [9.17, 15) is 4.79 Å². The minimum Gasteiger partial charge on any atom is -0.346 e. The second kappa shape index (κ2) is 9.38. The lowest BCUT2D eigenvalue weighted by molar-refractivity contribution is 0.0767. The molecule has 0 saturated carbocycles. The summed E-state index contributed by atoms with van der Waals surface area (Å²) in [5.74, 6) is 0.965. The molecule has 4 aromatic rings. The van der Waals surface area contributed by atoms with E-state index in [1.807, 2.05) is 40.7 Å². The second-order valence-corrected chi connectivity index (χ2v) is 10.5. The summed E-state index contributed by atoms with van der Waals surface area (Å²) in [6.07, 6.45) is 2.80. The van der Waals surface area contributed by atoms with Gasteiger partial charge in [-0.1, -0.05) is 36.0 Å². The minimum absolute atomic E-state index is 0.117. The molecule has 31 heavy (non-hydrogen) atoms. The number of thioether (sulfide) groups is 1. The summed E-state index contributed by atoms with van der Waals surface area (Å²) in [5, 5.41) is 3.05. The smallest absolute Gasteiger partial charge is 0.253 e. The van der Waals surface area contributed by atoms with Gasteiger partial charge >= 0.3 is 0 Å². The molecule has 1 amide bonds. The van der Waals surface area contributed by atoms with Crippen LogP contribution >= 0.6 is 34.4 Å². The van der Waals surface area contributed by atoms with E-state index in [2.05, 4.69) is 39.1 Å². The molecule has 1 aliphatic rings. The Balaban J connectivity index is 1.18. The summed E-state index contributed by atoms with van der Waals surface area (Å²) in [6.45, 7) is 3.29. The van der Waals surface area contributed by atoms with Gasteiger partial charge in [-0.05, 0) is 36.2 Å². The molecule has 0 bridgehead atoms. The molecule has 2 aromatic heterocycles. The summed E-state index contributed by atoms with van der Waals surface area (Å²) in [7, 11) is 0.